The van der Waals surface area contributed by atoms with Crippen molar-refractivity contribution in [1.82, 2.24) is 10.2 Å². The van der Waals surface area contributed by atoms with E-state index in [4.69, 9.17) is 14.2 Å². The number of amides is 2. The van der Waals surface area contributed by atoms with Crippen LogP contribution in [0.2, 0.25) is 0 Å². The largest absolute Gasteiger partial charge is 0.496 e. The van der Waals surface area contributed by atoms with Gasteiger partial charge in [0.05, 0.1) is 20.8 Å². The zero-order chi connectivity index (χ0) is 21.9. The summed E-state index contributed by atoms with van der Waals surface area (Å²) >= 11 is 0. The second-order valence-electron chi connectivity index (χ2n) is 8.83. The van der Waals surface area contributed by atoms with Gasteiger partial charge in [-0.15, -0.1) is 0 Å². The lowest BCUT2D eigenvalue weighted by Crippen LogP contribution is -2.57. The quantitative estimate of drug-likeness (QED) is 0.768. The van der Waals surface area contributed by atoms with Gasteiger partial charge in [0.1, 0.15) is 28.8 Å². The van der Waals surface area contributed by atoms with E-state index in [-0.39, 0.29) is 18.4 Å². The average molecular weight is 419 g/mol. The predicted molar refractivity (Wildman–Crippen MR) is 114 cm³/mol. The van der Waals surface area contributed by atoms with Crippen LogP contribution in [0.4, 0.5) is 0 Å². The van der Waals surface area contributed by atoms with E-state index in [1.165, 1.54) is 14.2 Å². The van der Waals surface area contributed by atoms with Crippen molar-refractivity contribution in [3.8, 4) is 11.5 Å². The number of carbonyl (C=O) groups excluding carboxylic acids is 2. The fraction of sp³-hybridized carbons (Fsp3) is 0.652. The Morgan fingerprint density at radius 1 is 1.27 bits per heavy atom. The minimum absolute atomic E-state index is 0.180. The highest BCUT2D eigenvalue weighted by molar-refractivity contribution is 6.02. The van der Waals surface area contributed by atoms with Crippen molar-refractivity contribution < 1.29 is 23.8 Å². The summed E-state index contributed by atoms with van der Waals surface area (Å²) in [6.07, 6.45) is 3.47. The number of methoxy groups -OCH3 is 2. The summed E-state index contributed by atoms with van der Waals surface area (Å²) in [6.45, 7) is 7.00. The number of nitrogens with zero attached hydrogens (tertiary/aromatic N) is 1. The van der Waals surface area contributed by atoms with Crippen LogP contribution in [-0.4, -0.2) is 55.9 Å². The van der Waals surface area contributed by atoms with Crippen molar-refractivity contribution in [1.29, 1.82) is 0 Å². The highest BCUT2D eigenvalue weighted by Gasteiger charge is 2.54. The van der Waals surface area contributed by atoms with Gasteiger partial charge >= 0.3 is 0 Å². The highest BCUT2D eigenvalue weighted by Crippen LogP contribution is 2.45. The third-order valence-electron chi connectivity index (χ3n) is 6.04. The lowest BCUT2D eigenvalue weighted by atomic mass is 9.82. The second-order valence-corrected chi connectivity index (χ2v) is 8.83. The van der Waals surface area contributed by atoms with Gasteiger partial charge in [-0.25, -0.2) is 0 Å². The Hall–Kier alpha value is -2.28. The molecule has 1 aliphatic heterocycles. The summed E-state index contributed by atoms with van der Waals surface area (Å²) in [5.41, 5.74) is -0.451. The molecule has 1 aromatic carbocycles. The third kappa shape index (κ3) is 4.26. The highest BCUT2D eigenvalue weighted by atomic mass is 16.5. The van der Waals surface area contributed by atoms with E-state index in [0.29, 0.717) is 48.3 Å². The van der Waals surface area contributed by atoms with Crippen LogP contribution in [0.1, 0.15) is 56.8 Å². The molecule has 0 radical (unpaired) electrons. The van der Waals surface area contributed by atoms with Crippen LogP contribution in [0.5, 0.6) is 11.5 Å². The molecular formula is C23H34N2O5. The van der Waals surface area contributed by atoms with Gasteiger partial charge in [0.25, 0.3) is 5.91 Å². The van der Waals surface area contributed by atoms with Crippen molar-refractivity contribution in [3.63, 3.8) is 0 Å². The van der Waals surface area contributed by atoms with Crippen LogP contribution < -0.4 is 14.8 Å². The molecule has 2 amide bonds. The van der Waals surface area contributed by atoms with E-state index in [2.05, 4.69) is 12.2 Å². The molecule has 2 aliphatic rings. The molecule has 1 spiro atoms. The van der Waals surface area contributed by atoms with E-state index in [1.54, 1.807) is 23.1 Å². The molecule has 1 heterocycles. The number of carbonyl (C=O) groups is 2. The summed E-state index contributed by atoms with van der Waals surface area (Å²) < 4.78 is 17.2. The van der Waals surface area contributed by atoms with Crippen LogP contribution in [0.15, 0.2) is 18.2 Å². The summed E-state index contributed by atoms with van der Waals surface area (Å²) in [5, 5.41) is 2.98. The van der Waals surface area contributed by atoms with E-state index in [9.17, 15) is 9.59 Å². The molecule has 3 atom stereocenters. The van der Waals surface area contributed by atoms with Crippen LogP contribution in [-0.2, 0) is 9.53 Å². The molecule has 2 fully saturated rings. The molecule has 1 aromatic rings. The van der Waals surface area contributed by atoms with Crippen molar-refractivity contribution in [3.05, 3.63) is 23.8 Å². The molecule has 0 aromatic heterocycles. The molecule has 1 saturated heterocycles. The fourth-order valence-electron chi connectivity index (χ4n) is 4.61. The van der Waals surface area contributed by atoms with Crippen molar-refractivity contribution in [2.24, 2.45) is 11.8 Å². The first-order chi connectivity index (χ1) is 14.3. The Kier molecular flexibility index (Phi) is 6.91. The number of rotatable bonds is 6. The predicted octanol–water partition coefficient (Wildman–Crippen LogP) is 3.22. The smallest absolute Gasteiger partial charge is 0.264 e. The van der Waals surface area contributed by atoms with Gasteiger partial charge in [-0.2, -0.15) is 0 Å². The van der Waals surface area contributed by atoms with E-state index in [0.717, 1.165) is 12.8 Å². The molecule has 0 unspecified atom stereocenters. The SMILES string of the molecule is COc1cccc(OC)c1C(=O)N1[C@@H](C(=O)NCC(C)C)CO[C@@]12CCC[C@@H](C)C2. The molecular weight excluding hydrogens is 384 g/mol. The number of nitrogens with one attached hydrogen (secondary N) is 1. The Morgan fingerprint density at radius 2 is 1.93 bits per heavy atom. The molecule has 166 valence electrons. The first kappa shape index (κ1) is 22.4. The van der Waals surface area contributed by atoms with Gasteiger partial charge in [0, 0.05) is 6.54 Å². The zero-order valence-electron chi connectivity index (χ0n) is 18.7. The lowest BCUT2D eigenvalue weighted by molar-refractivity contribution is -0.128. The summed E-state index contributed by atoms with van der Waals surface area (Å²) in [4.78, 5) is 28.7. The first-order valence-electron chi connectivity index (χ1n) is 10.8. The lowest BCUT2D eigenvalue weighted by Gasteiger charge is -2.43. The monoisotopic (exact) mass is 418 g/mol. The number of benzene rings is 1. The maximum absolute atomic E-state index is 13.9. The molecule has 30 heavy (non-hydrogen) atoms. The minimum atomic E-state index is -0.777. The maximum Gasteiger partial charge on any atom is 0.264 e. The molecule has 7 heteroatoms. The van der Waals surface area contributed by atoms with Crippen molar-refractivity contribution in [2.75, 3.05) is 27.4 Å². The molecule has 1 saturated carbocycles. The Morgan fingerprint density at radius 3 is 2.50 bits per heavy atom. The Balaban J connectivity index is 2.02. The topological polar surface area (TPSA) is 77.1 Å². The second kappa shape index (κ2) is 9.25. The molecule has 7 nitrogen and oxygen atoms in total. The van der Waals surface area contributed by atoms with Crippen molar-refractivity contribution >= 4 is 11.8 Å². The van der Waals surface area contributed by atoms with E-state index in [1.807, 2.05) is 13.8 Å². The fourth-order valence-corrected chi connectivity index (χ4v) is 4.61. The minimum Gasteiger partial charge on any atom is -0.496 e. The average Bonchev–Trinajstić information content (AvgIpc) is 3.08. The number of ether oxygens (including phenoxy) is 3. The maximum atomic E-state index is 13.9. The van der Waals surface area contributed by atoms with Crippen LogP contribution >= 0.6 is 0 Å². The molecule has 3 rings (SSSR count). The zero-order valence-corrected chi connectivity index (χ0v) is 18.7. The Labute approximate surface area is 179 Å². The molecule has 0 bridgehead atoms. The van der Waals surface area contributed by atoms with Crippen LogP contribution in [0.3, 0.4) is 0 Å². The van der Waals surface area contributed by atoms with Gasteiger partial charge < -0.3 is 19.5 Å². The van der Waals surface area contributed by atoms with Crippen LogP contribution in [0.25, 0.3) is 0 Å². The van der Waals surface area contributed by atoms with Gasteiger partial charge in [-0.05, 0) is 43.2 Å². The van der Waals surface area contributed by atoms with Crippen molar-refractivity contribution in [2.45, 2.75) is 58.2 Å². The number of hydrogen-bond acceptors (Lipinski definition) is 5. The Bertz CT molecular complexity index is 759. The van der Waals surface area contributed by atoms with Gasteiger partial charge in [-0.1, -0.05) is 33.3 Å². The molecule has 1 N–H and O–H groups in total. The van der Waals surface area contributed by atoms with Gasteiger partial charge in [0.15, 0.2) is 0 Å². The van der Waals surface area contributed by atoms with Gasteiger partial charge in [0.2, 0.25) is 5.91 Å². The summed E-state index contributed by atoms with van der Waals surface area (Å²) in [6, 6.07) is 4.56. The third-order valence-corrected chi connectivity index (χ3v) is 6.04. The normalized spacial score (nSPS) is 26.1. The first-order valence-corrected chi connectivity index (χ1v) is 10.8. The van der Waals surface area contributed by atoms with E-state index < -0.39 is 11.8 Å². The number of hydrogen-bond donors (Lipinski definition) is 1. The van der Waals surface area contributed by atoms with Crippen LogP contribution in [0, 0.1) is 11.8 Å². The van der Waals surface area contributed by atoms with Gasteiger partial charge in [-0.3, -0.25) is 14.5 Å². The standard InChI is InChI=1S/C23H34N2O5/c1-15(2)13-24-21(26)17-14-30-23(11-7-8-16(3)12-23)25(17)22(27)20-18(28-4)9-6-10-19(20)29-5/h6,9-10,15-17H,7-8,11-14H2,1-5H3,(H,24,26)/t16-,17-,23-/m1/s1. The van der Waals surface area contributed by atoms with E-state index >= 15 is 0 Å². The summed E-state index contributed by atoms with van der Waals surface area (Å²) in [7, 11) is 3.05. The molecule has 1 aliphatic carbocycles. The summed E-state index contributed by atoms with van der Waals surface area (Å²) in [5.74, 6) is 1.10.